The van der Waals surface area contributed by atoms with E-state index in [1.54, 1.807) is 29.0 Å². The minimum absolute atomic E-state index is 0.0729. The SMILES string of the molecule is O=C(c1cc2ncccn2n1)N1CCC[C@@H](c2nc3ccccc3o2)C1. The summed E-state index contributed by atoms with van der Waals surface area (Å²) in [5.41, 5.74) is 2.74. The fourth-order valence-corrected chi connectivity index (χ4v) is 3.52. The largest absolute Gasteiger partial charge is 0.440 e. The van der Waals surface area contributed by atoms with E-state index in [0.717, 1.165) is 30.5 Å². The highest BCUT2D eigenvalue weighted by atomic mass is 16.3. The molecule has 3 aromatic heterocycles. The number of likely N-dealkylation sites (tertiary alicyclic amines) is 1. The normalized spacial score (nSPS) is 17.8. The molecule has 0 N–H and O–H groups in total. The van der Waals surface area contributed by atoms with E-state index in [9.17, 15) is 4.79 Å². The van der Waals surface area contributed by atoms with Gasteiger partial charge in [-0.05, 0) is 31.0 Å². The van der Waals surface area contributed by atoms with Crippen LogP contribution in [0, 0.1) is 0 Å². The van der Waals surface area contributed by atoms with Crippen molar-refractivity contribution < 1.29 is 9.21 Å². The number of carbonyl (C=O) groups is 1. The van der Waals surface area contributed by atoms with Gasteiger partial charge in [0.15, 0.2) is 22.8 Å². The van der Waals surface area contributed by atoms with E-state index in [-0.39, 0.29) is 11.8 Å². The Morgan fingerprint density at radius 2 is 2.15 bits per heavy atom. The zero-order valence-electron chi connectivity index (χ0n) is 14.1. The number of rotatable bonds is 2. The molecule has 26 heavy (non-hydrogen) atoms. The maximum atomic E-state index is 12.9. The highest BCUT2D eigenvalue weighted by Crippen LogP contribution is 2.29. The topological polar surface area (TPSA) is 76.5 Å². The lowest BCUT2D eigenvalue weighted by molar-refractivity contribution is 0.0692. The van der Waals surface area contributed by atoms with Crippen molar-refractivity contribution in [3.63, 3.8) is 0 Å². The van der Waals surface area contributed by atoms with Crippen molar-refractivity contribution >= 4 is 22.7 Å². The average Bonchev–Trinajstić information content (AvgIpc) is 3.31. The number of aromatic nitrogens is 4. The third-order valence-corrected chi connectivity index (χ3v) is 4.82. The summed E-state index contributed by atoms with van der Waals surface area (Å²) in [6, 6.07) is 11.3. The lowest BCUT2D eigenvalue weighted by Gasteiger charge is -2.30. The number of benzene rings is 1. The van der Waals surface area contributed by atoms with E-state index in [1.807, 2.05) is 29.2 Å². The van der Waals surface area contributed by atoms with Crippen molar-refractivity contribution in [3.8, 4) is 0 Å². The Morgan fingerprint density at radius 3 is 3.04 bits per heavy atom. The average molecular weight is 347 g/mol. The first-order valence-electron chi connectivity index (χ1n) is 8.73. The molecule has 130 valence electrons. The second-order valence-electron chi connectivity index (χ2n) is 6.56. The van der Waals surface area contributed by atoms with Crippen LogP contribution in [-0.4, -0.2) is 43.5 Å². The van der Waals surface area contributed by atoms with Crippen LogP contribution in [0.1, 0.15) is 35.1 Å². The molecule has 1 aromatic carbocycles. The molecule has 0 unspecified atom stereocenters. The molecule has 1 aliphatic heterocycles. The maximum absolute atomic E-state index is 12.9. The highest BCUT2D eigenvalue weighted by Gasteiger charge is 2.29. The van der Waals surface area contributed by atoms with Crippen LogP contribution in [0.3, 0.4) is 0 Å². The number of carbonyl (C=O) groups excluding carboxylic acids is 1. The molecule has 0 aliphatic carbocycles. The van der Waals surface area contributed by atoms with Crippen LogP contribution >= 0.6 is 0 Å². The predicted molar refractivity (Wildman–Crippen MR) is 94.9 cm³/mol. The molecule has 7 heteroatoms. The Balaban J connectivity index is 1.40. The van der Waals surface area contributed by atoms with Gasteiger partial charge in [-0.3, -0.25) is 4.79 Å². The molecule has 0 radical (unpaired) electrons. The Labute approximate surface area is 149 Å². The second kappa shape index (κ2) is 5.94. The zero-order valence-corrected chi connectivity index (χ0v) is 14.1. The van der Waals surface area contributed by atoms with Crippen molar-refractivity contribution in [2.45, 2.75) is 18.8 Å². The molecule has 0 spiro atoms. The van der Waals surface area contributed by atoms with Gasteiger partial charge in [-0.15, -0.1) is 0 Å². The molecule has 4 heterocycles. The Hall–Kier alpha value is -3.22. The Bertz CT molecular complexity index is 1030. The fraction of sp³-hybridized carbons (Fsp3) is 0.263. The van der Waals surface area contributed by atoms with Gasteiger partial charge >= 0.3 is 0 Å². The molecule has 1 saturated heterocycles. The Kier molecular flexibility index (Phi) is 3.44. The van der Waals surface area contributed by atoms with Gasteiger partial charge in [-0.2, -0.15) is 5.10 Å². The minimum Gasteiger partial charge on any atom is -0.440 e. The van der Waals surface area contributed by atoms with Gasteiger partial charge < -0.3 is 9.32 Å². The van der Waals surface area contributed by atoms with Crippen LogP contribution in [0.4, 0.5) is 0 Å². The number of hydrogen-bond donors (Lipinski definition) is 0. The molecule has 0 bridgehead atoms. The van der Waals surface area contributed by atoms with Gasteiger partial charge in [0, 0.05) is 31.5 Å². The van der Waals surface area contributed by atoms with Gasteiger partial charge in [-0.25, -0.2) is 14.5 Å². The molecule has 1 aliphatic rings. The fourth-order valence-electron chi connectivity index (χ4n) is 3.52. The summed E-state index contributed by atoms with van der Waals surface area (Å²) in [6.45, 7) is 1.31. The first kappa shape index (κ1) is 15.1. The summed E-state index contributed by atoms with van der Waals surface area (Å²) in [5.74, 6) is 0.743. The molecule has 5 rings (SSSR count). The van der Waals surface area contributed by atoms with Crippen molar-refractivity contribution in [2.75, 3.05) is 13.1 Å². The van der Waals surface area contributed by atoms with Crippen LogP contribution in [-0.2, 0) is 0 Å². The lowest BCUT2D eigenvalue weighted by Crippen LogP contribution is -2.39. The van der Waals surface area contributed by atoms with E-state index < -0.39 is 0 Å². The highest BCUT2D eigenvalue weighted by molar-refractivity contribution is 5.93. The van der Waals surface area contributed by atoms with E-state index in [1.165, 1.54) is 0 Å². The quantitative estimate of drug-likeness (QED) is 0.557. The molecule has 4 aromatic rings. The molecular formula is C19H17N5O2. The van der Waals surface area contributed by atoms with E-state index in [2.05, 4.69) is 15.1 Å². The predicted octanol–water partition coefficient (Wildman–Crippen LogP) is 2.89. The standard InChI is InChI=1S/C19H17N5O2/c25-19(15-11-17-20-8-4-10-24(17)22-15)23-9-3-5-13(12-23)18-21-14-6-1-2-7-16(14)26-18/h1-2,4,6-8,10-11,13H,3,5,9,12H2/t13-/m1/s1. The first-order chi connectivity index (χ1) is 12.8. The Morgan fingerprint density at radius 1 is 1.23 bits per heavy atom. The number of nitrogens with zero attached hydrogens (tertiary/aromatic N) is 5. The van der Waals surface area contributed by atoms with E-state index in [4.69, 9.17) is 4.42 Å². The summed E-state index contributed by atoms with van der Waals surface area (Å²) in [4.78, 5) is 23.6. The second-order valence-corrected chi connectivity index (χ2v) is 6.56. The zero-order chi connectivity index (χ0) is 17.5. The van der Waals surface area contributed by atoms with Gasteiger partial charge in [0.2, 0.25) is 0 Å². The number of amides is 1. The summed E-state index contributed by atoms with van der Waals surface area (Å²) < 4.78 is 7.53. The molecule has 0 saturated carbocycles. The van der Waals surface area contributed by atoms with Crippen molar-refractivity contribution in [1.29, 1.82) is 0 Å². The van der Waals surface area contributed by atoms with Gasteiger partial charge in [0.1, 0.15) is 5.52 Å². The van der Waals surface area contributed by atoms with Crippen molar-refractivity contribution in [3.05, 3.63) is 60.4 Å². The number of hydrogen-bond acceptors (Lipinski definition) is 5. The third kappa shape index (κ3) is 2.52. The van der Waals surface area contributed by atoms with Crippen LogP contribution in [0.5, 0.6) is 0 Å². The molecule has 1 fully saturated rings. The van der Waals surface area contributed by atoms with Gasteiger partial charge in [-0.1, -0.05) is 12.1 Å². The van der Waals surface area contributed by atoms with E-state index >= 15 is 0 Å². The molecule has 1 atom stereocenters. The van der Waals surface area contributed by atoms with Crippen LogP contribution in [0.2, 0.25) is 0 Å². The summed E-state index contributed by atoms with van der Waals surface area (Å²) in [6.07, 6.45) is 5.36. The number of oxazole rings is 1. The monoisotopic (exact) mass is 347 g/mol. The van der Waals surface area contributed by atoms with Crippen LogP contribution in [0.25, 0.3) is 16.7 Å². The molecule has 1 amide bonds. The lowest BCUT2D eigenvalue weighted by atomic mass is 9.97. The molecular weight excluding hydrogens is 330 g/mol. The van der Waals surface area contributed by atoms with Gasteiger partial charge in [0.05, 0.1) is 5.92 Å². The minimum atomic E-state index is -0.0729. The number of piperidine rings is 1. The number of fused-ring (bicyclic) bond motifs is 2. The van der Waals surface area contributed by atoms with Crippen LogP contribution in [0.15, 0.2) is 53.2 Å². The summed E-state index contributed by atoms with van der Waals surface area (Å²) in [7, 11) is 0. The molecule has 7 nitrogen and oxygen atoms in total. The first-order valence-corrected chi connectivity index (χ1v) is 8.73. The van der Waals surface area contributed by atoms with Crippen molar-refractivity contribution in [2.24, 2.45) is 0 Å². The van der Waals surface area contributed by atoms with E-state index in [0.29, 0.717) is 23.8 Å². The van der Waals surface area contributed by atoms with Gasteiger partial charge in [0.25, 0.3) is 5.91 Å². The summed E-state index contributed by atoms with van der Waals surface area (Å²) >= 11 is 0. The summed E-state index contributed by atoms with van der Waals surface area (Å²) in [5, 5.41) is 4.34. The maximum Gasteiger partial charge on any atom is 0.274 e. The van der Waals surface area contributed by atoms with Crippen molar-refractivity contribution in [1.82, 2.24) is 24.5 Å². The smallest absolute Gasteiger partial charge is 0.274 e. The third-order valence-electron chi connectivity index (χ3n) is 4.82. The number of para-hydroxylation sites is 2. The van der Waals surface area contributed by atoms with Crippen LogP contribution < -0.4 is 0 Å².